The summed E-state index contributed by atoms with van der Waals surface area (Å²) in [6, 6.07) is 22.9. The highest BCUT2D eigenvalue weighted by atomic mass is 16.7. The summed E-state index contributed by atoms with van der Waals surface area (Å²) in [5, 5.41) is 22.0. The number of rotatable bonds is 10. The van der Waals surface area contributed by atoms with Gasteiger partial charge >= 0.3 is 6.09 Å². The molecule has 0 aliphatic carbocycles. The Hall–Kier alpha value is -4.13. The number of amides is 3. The van der Waals surface area contributed by atoms with Crippen molar-refractivity contribution in [1.82, 2.24) is 10.2 Å². The lowest BCUT2D eigenvalue weighted by Crippen LogP contribution is -2.46. The van der Waals surface area contributed by atoms with Gasteiger partial charge in [-0.3, -0.25) is 14.5 Å². The van der Waals surface area contributed by atoms with Crippen molar-refractivity contribution in [3.63, 3.8) is 0 Å². The minimum absolute atomic E-state index is 0.00546. The molecule has 0 radical (unpaired) electrons. The summed E-state index contributed by atoms with van der Waals surface area (Å²) >= 11 is 0. The Kier molecular flexibility index (Phi) is 10.3. The van der Waals surface area contributed by atoms with Crippen LogP contribution in [0.2, 0.25) is 0 Å². The number of aliphatic hydroxyl groups is 2. The molecule has 6 atom stereocenters. The van der Waals surface area contributed by atoms with Crippen LogP contribution in [0.3, 0.4) is 0 Å². The van der Waals surface area contributed by atoms with Crippen LogP contribution in [-0.4, -0.2) is 70.9 Å². The minimum Gasteiger partial charge on any atom is -0.445 e. The Morgan fingerprint density at radius 3 is 2.36 bits per heavy atom. The quantitative estimate of drug-likeness (QED) is 0.280. The third kappa shape index (κ3) is 7.39. The number of hydrogen-bond donors (Lipinski definition) is 3. The van der Waals surface area contributed by atoms with Crippen molar-refractivity contribution in [2.45, 2.75) is 70.0 Å². The van der Waals surface area contributed by atoms with Crippen LogP contribution in [0.4, 0.5) is 10.5 Å². The first-order chi connectivity index (χ1) is 22.8. The van der Waals surface area contributed by atoms with E-state index in [-0.39, 0.29) is 50.4 Å². The van der Waals surface area contributed by atoms with Crippen LogP contribution in [-0.2, 0) is 37.0 Å². The van der Waals surface area contributed by atoms with Crippen LogP contribution in [0.15, 0.2) is 78.9 Å². The average Bonchev–Trinajstić information content (AvgIpc) is 3.67. The van der Waals surface area contributed by atoms with Crippen molar-refractivity contribution >= 4 is 23.6 Å². The van der Waals surface area contributed by atoms with Crippen molar-refractivity contribution in [2.24, 2.45) is 5.92 Å². The fourth-order valence-electron chi connectivity index (χ4n) is 6.61. The highest BCUT2D eigenvalue weighted by molar-refractivity contribution is 6.22. The molecule has 3 fully saturated rings. The second-order valence-electron chi connectivity index (χ2n) is 12.4. The highest BCUT2D eigenvalue weighted by Gasteiger charge is 2.42. The fraction of sp³-hybridized carbons (Fsp3) is 0.417. The number of benzene rings is 3. The van der Waals surface area contributed by atoms with Gasteiger partial charge in [0.15, 0.2) is 6.29 Å². The van der Waals surface area contributed by atoms with E-state index >= 15 is 0 Å². The van der Waals surface area contributed by atoms with E-state index < -0.39 is 30.2 Å². The van der Waals surface area contributed by atoms with Gasteiger partial charge in [-0.15, -0.1) is 0 Å². The summed E-state index contributed by atoms with van der Waals surface area (Å²) in [5.41, 5.74) is 3.69. The molecule has 11 nitrogen and oxygen atoms in total. The molecule has 47 heavy (non-hydrogen) atoms. The molecule has 3 aliphatic heterocycles. The lowest BCUT2D eigenvalue weighted by atomic mass is 9.90. The lowest BCUT2D eigenvalue weighted by molar-refractivity contribution is -0.276. The standard InChI is InChI=1S/C36H41N3O8/c1-23-31(19-38-17-5-8-29(38)21-41)46-35(47-33(23)26-11-9-24(20-40)10-12-26)27-13-15-28(16-14-27)39-32(42)18-30(34(39)43)37-36(44)45-22-25-6-3-2-4-7-25/h2-4,6-7,9-16,23,29-31,33,35,40-41H,5,8,17-22H2,1H3,(H,37,44). The molecule has 0 spiro atoms. The number of anilines is 1. The molecule has 11 heteroatoms. The number of aliphatic hydroxyl groups excluding tert-OH is 2. The number of alkyl carbamates (subject to hydrolysis) is 1. The number of nitrogens with zero attached hydrogens (tertiary/aromatic N) is 2. The molecule has 0 aromatic heterocycles. The number of nitrogens with one attached hydrogen (secondary N) is 1. The number of likely N-dealkylation sites (tertiary alicyclic amines) is 1. The maximum atomic E-state index is 13.2. The normalized spacial score (nSPS) is 26.5. The van der Waals surface area contributed by atoms with E-state index in [9.17, 15) is 24.6 Å². The first-order valence-corrected chi connectivity index (χ1v) is 16.1. The third-order valence-corrected chi connectivity index (χ3v) is 9.32. The Morgan fingerprint density at radius 2 is 1.66 bits per heavy atom. The van der Waals surface area contributed by atoms with Crippen LogP contribution in [0.5, 0.6) is 0 Å². The first-order valence-electron chi connectivity index (χ1n) is 16.1. The molecule has 3 aliphatic rings. The van der Waals surface area contributed by atoms with E-state index in [0.29, 0.717) is 12.2 Å². The van der Waals surface area contributed by atoms with E-state index in [0.717, 1.165) is 46.5 Å². The molecule has 3 aromatic carbocycles. The predicted molar refractivity (Wildman–Crippen MR) is 172 cm³/mol. The third-order valence-electron chi connectivity index (χ3n) is 9.32. The summed E-state index contributed by atoms with van der Waals surface area (Å²) in [6.07, 6.45) is -0.176. The van der Waals surface area contributed by atoms with Gasteiger partial charge in [-0.2, -0.15) is 0 Å². The summed E-state index contributed by atoms with van der Waals surface area (Å²) in [7, 11) is 0. The number of imide groups is 1. The lowest BCUT2D eigenvalue weighted by Gasteiger charge is -2.43. The van der Waals surface area contributed by atoms with Gasteiger partial charge in [-0.1, -0.05) is 73.7 Å². The second-order valence-corrected chi connectivity index (χ2v) is 12.4. The molecular formula is C36H41N3O8. The van der Waals surface area contributed by atoms with E-state index in [1.165, 1.54) is 0 Å². The molecule has 248 valence electrons. The van der Waals surface area contributed by atoms with Gasteiger partial charge in [0.2, 0.25) is 5.91 Å². The Morgan fingerprint density at radius 1 is 0.936 bits per heavy atom. The highest BCUT2D eigenvalue weighted by Crippen LogP contribution is 2.42. The monoisotopic (exact) mass is 643 g/mol. The molecule has 3 saturated heterocycles. The zero-order chi connectivity index (χ0) is 32.9. The van der Waals surface area contributed by atoms with Gasteiger partial charge in [0.05, 0.1) is 37.5 Å². The molecule has 3 aromatic rings. The van der Waals surface area contributed by atoms with Crippen molar-refractivity contribution in [3.05, 3.63) is 101 Å². The molecular weight excluding hydrogens is 602 g/mol. The van der Waals surface area contributed by atoms with Gasteiger partial charge in [0.25, 0.3) is 5.91 Å². The topological polar surface area (TPSA) is 138 Å². The van der Waals surface area contributed by atoms with E-state index in [4.69, 9.17) is 14.2 Å². The number of carbonyl (C=O) groups is 3. The number of ether oxygens (including phenoxy) is 3. The van der Waals surface area contributed by atoms with Crippen LogP contribution in [0, 0.1) is 5.92 Å². The van der Waals surface area contributed by atoms with Crippen molar-refractivity contribution in [2.75, 3.05) is 24.6 Å². The van der Waals surface area contributed by atoms with E-state index in [1.54, 1.807) is 24.3 Å². The van der Waals surface area contributed by atoms with Gasteiger partial charge < -0.3 is 29.7 Å². The number of hydrogen-bond acceptors (Lipinski definition) is 9. The zero-order valence-corrected chi connectivity index (χ0v) is 26.4. The largest absolute Gasteiger partial charge is 0.445 e. The van der Waals surface area contributed by atoms with Gasteiger partial charge in [-0.05, 0) is 48.2 Å². The Bertz CT molecular complexity index is 1530. The summed E-state index contributed by atoms with van der Waals surface area (Å²) in [5.74, 6) is -0.964. The maximum absolute atomic E-state index is 13.2. The molecule has 0 bridgehead atoms. The molecule has 3 N–H and O–H groups in total. The molecule has 3 heterocycles. The molecule has 0 saturated carbocycles. The van der Waals surface area contributed by atoms with Crippen molar-refractivity contribution in [3.8, 4) is 0 Å². The van der Waals surface area contributed by atoms with Crippen LogP contribution in [0.1, 0.15) is 60.8 Å². The summed E-state index contributed by atoms with van der Waals surface area (Å²) in [4.78, 5) is 41.8. The van der Waals surface area contributed by atoms with Crippen LogP contribution in [0.25, 0.3) is 0 Å². The minimum atomic E-state index is -1.02. The average molecular weight is 644 g/mol. The van der Waals surface area contributed by atoms with E-state index in [1.807, 2.05) is 54.6 Å². The van der Waals surface area contributed by atoms with Crippen molar-refractivity contribution < 1.29 is 38.8 Å². The van der Waals surface area contributed by atoms with Gasteiger partial charge in [-0.25, -0.2) is 9.69 Å². The predicted octanol–water partition coefficient (Wildman–Crippen LogP) is 3.99. The molecule has 6 rings (SSSR count). The summed E-state index contributed by atoms with van der Waals surface area (Å²) < 4.78 is 18.4. The maximum Gasteiger partial charge on any atom is 0.408 e. The van der Waals surface area contributed by atoms with Crippen molar-refractivity contribution in [1.29, 1.82) is 0 Å². The SMILES string of the molecule is CC1C(CN2CCCC2CO)OC(c2ccc(N3C(=O)CC(NC(=O)OCc4ccccc4)C3=O)cc2)OC1c1ccc(CO)cc1. The Labute approximate surface area is 274 Å². The Balaban J connectivity index is 1.15. The van der Waals surface area contributed by atoms with E-state index in [2.05, 4.69) is 17.1 Å². The fourth-order valence-corrected chi connectivity index (χ4v) is 6.61. The summed E-state index contributed by atoms with van der Waals surface area (Å²) in [6.45, 7) is 3.75. The van der Waals surface area contributed by atoms with Gasteiger partial charge in [0, 0.05) is 24.1 Å². The van der Waals surface area contributed by atoms with Crippen LogP contribution >= 0.6 is 0 Å². The molecule has 3 amide bonds. The zero-order valence-electron chi connectivity index (χ0n) is 26.4. The smallest absolute Gasteiger partial charge is 0.408 e. The van der Waals surface area contributed by atoms with Crippen LogP contribution < -0.4 is 10.2 Å². The first kappa shape index (κ1) is 32.8. The second kappa shape index (κ2) is 14.7. The molecule has 6 unspecified atom stereocenters. The number of carbonyl (C=O) groups excluding carboxylic acids is 3. The van der Waals surface area contributed by atoms with Gasteiger partial charge in [0.1, 0.15) is 12.6 Å².